The minimum Gasteiger partial charge on any atom is -0.497 e. The molecule has 1 amide bonds. The van der Waals surface area contributed by atoms with Crippen LogP contribution in [-0.4, -0.2) is 65.2 Å². The Morgan fingerprint density at radius 1 is 1.10 bits per heavy atom. The number of hydrogen-bond donors (Lipinski definition) is 2. The lowest BCUT2D eigenvalue weighted by Gasteiger charge is -2.35. The predicted molar refractivity (Wildman–Crippen MR) is 117 cm³/mol. The van der Waals surface area contributed by atoms with E-state index in [9.17, 15) is 13.2 Å². The second kappa shape index (κ2) is 10.7. The maximum absolute atomic E-state index is 12.7. The van der Waals surface area contributed by atoms with Gasteiger partial charge in [0.15, 0.2) is 0 Å². The smallest absolute Gasteiger partial charge is 0.241 e. The first-order valence-corrected chi connectivity index (χ1v) is 11.7. The van der Waals surface area contributed by atoms with Crippen molar-refractivity contribution < 1.29 is 22.7 Å². The summed E-state index contributed by atoms with van der Waals surface area (Å²) in [6.45, 7) is 4.66. The first-order chi connectivity index (χ1) is 14.9. The summed E-state index contributed by atoms with van der Waals surface area (Å²) in [6.07, 6.45) is 0. The number of nitrogens with one attached hydrogen (secondary N) is 2. The van der Waals surface area contributed by atoms with Crippen molar-refractivity contribution in [1.29, 1.82) is 0 Å². The maximum Gasteiger partial charge on any atom is 0.241 e. The second-order valence-electron chi connectivity index (χ2n) is 7.34. The zero-order valence-electron chi connectivity index (χ0n) is 17.8. The molecule has 0 saturated carbocycles. The summed E-state index contributed by atoms with van der Waals surface area (Å²) in [5, 5.41) is 2.90. The van der Waals surface area contributed by atoms with E-state index in [0.29, 0.717) is 19.8 Å². The van der Waals surface area contributed by atoms with Crippen molar-refractivity contribution in [3.63, 3.8) is 0 Å². The molecule has 0 bridgehead atoms. The second-order valence-corrected chi connectivity index (χ2v) is 9.05. The topological polar surface area (TPSA) is 97.0 Å². The molecule has 2 N–H and O–H groups in total. The molecule has 8 nitrogen and oxygen atoms in total. The first kappa shape index (κ1) is 23.2. The van der Waals surface area contributed by atoms with E-state index in [1.807, 2.05) is 24.3 Å². The van der Waals surface area contributed by atoms with Gasteiger partial charge in [-0.05, 0) is 36.8 Å². The highest BCUT2D eigenvalue weighted by atomic mass is 32.2. The Hall–Kier alpha value is -2.46. The van der Waals surface area contributed by atoms with Crippen molar-refractivity contribution in [2.45, 2.75) is 23.9 Å². The third kappa shape index (κ3) is 6.27. The molecule has 1 aliphatic rings. The van der Waals surface area contributed by atoms with Gasteiger partial charge in [-0.2, -0.15) is 4.72 Å². The fraction of sp³-hybridized carbons (Fsp3) is 0.409. The Kier molecular flexibility index (Phi) is 8.03. The Morgan fingerprint density at radius 3 is 2.35 bits per heavy atom. The Morgan fingerprint density at radius 2 is 1.74 bits per heavy atom. The van der Waals surface area contributed by atoms with Crippen LogP contribution in [0.2, 0.25) is 0 Å². The van der Waals surface area contributed by atoms with Crippen LogP contribution in [0.4, 0.5) is 0 Å². The summed E-state index contributed by atoms with van der Waals surface area (Å²) in [4.78, 5) is 15.0. The van der Waals surface area contributed by atoms with Crippen molar-refractivity contribution in [2.24, 2.45) is 0 Å². The fourth-order valence-electron chi connectivity index (χ4n) is 3.48. The SMILES string of the molecule is COc1ccc(C(CNC(=O)[C@H](C)NS(=O)(=O)c2ccccc2)N2CCOCC2)cc1. The molecule has 3 rings (SSSR count). The van der Waals surface area contributed by atoms with Gasteiger partial charge in [-0.3, -0.25) is 9.69 Å². The number of benzene rings is 2. The Labute approximate surface area is 183 Å². The van der Waals surface area contributed by atoms with Crippen LogP contribution in [0.15, 0.2) is 59.5 Å². The van der Waals surface area contributed by atoms with E-state index in [1.165, 1.54) is 19.1 Å². The van der Waals surface area contributed by atoms with Gasteiger partial charge in [0.25, 0.3) is 0 Å². The molecule has 1 heterocycles. The molecule has 1 fully saturated rings. The quantitative estimate of drug-likeness (QED) is 0.606. The molecule has 9 heteroatoms. The minimum absolute atomic E-state index is 0.0586. The van der Waals surface area contributed by atoms with E-state index in [1.54, 1.807) is 25.3 Å². The van der Waals surface area contributed by atoms with Gasteiger partial charge in [0, 0.05) is 19.6 Å². The average molecular weight is 448 g/mol. The van der Waals surface area contributed by atoms with Crippen molar-refractivity contribution in [3.8, 4) is 5.75 Å². The fourth-order valence-corrected chi connectivity index (χ4v) is 4.70. The van der Waals surface area contributed by atoms with Crippen LogP contribution in [-0.2, 0) is 19.6 Å². The third-order valence-corrected chi connectivity index (χ3v) is 6.79. The highest BCUT2D eigenvalue weighted by Crippen LogP contribution is 2.23. The molecule has 2 aromatic carbocycles. The molecule has 31 heavy (non-hydrogen) atoms. The lowest BCUT2D eigenvalue weighted by Crippen LogP contribution is -2.48. The lowest BCUT2D eigenvalue weighted by molar-refractivity contribution is -0.122. The largest absolute Gasteiger partial charge is 0.497 e. The van der Waals surface area contributed by atoms with Gasteiger partial charge < -0.3 is 14.8 Å². The Balaban J connectivity index is 1.66. The standard InChI is InChI=1S/C22H29N3O5S/c1-17(24-31(27,28)20-6-4-3-5-7-20)22(26)23-16-21(25-12-14-30-15-13-25)18-8-10-19(29-2)11-9-18/h3-11,17,21,24H,12-16H2,1-2H3,(H,23,26)/t17-,21?/m0/s1. The number of hydrogen-bond acceptors (Lipinski definition) is 6. The van der Waals surface area contributed by atoms with Crippen LogP contribution in [0.5, 0.6) is 5.75 Å². The molecule has 1 aliphatic heterocycles. The van der Waals surface area contributed by atoms with Gasteiger partial charge in [0.2, 0.25) is 15.9 Å². The Bertz CT molecular complexity index is 945. The molecule has 1 saturated heterocycles. The molecule has 0 spiro atoms. The molecule has 168 valence electrons. The van der Waals surface area contributed by atoms with E-state index in [2.05, 4.69) is 14.9 Å². The van der Waals surface area contributed by atoms with Crippen molar-refractivity contribution in [2.75, 3.05) is 40.0 Å². The number of ether oxygens (including phenoxy) is 2. The van der Waals surface area contributed by atoms with E-state index in [-0.39, 0.29) is 16.8 Å². The molecular formula is C22H29N3O5S. The van der Waals surface area contributed by atoms with Gasteiger partial charge in [0.1, 0.15) is 5.75 Å². The van der Waals surface area contributed by atoms with Crippen molar-refractivity contribution in [3.05, 3.63) is 60.2 Å². The first-order valence-electron chi connectivity index (χ1n) is 10.2. The molecule has 0 aliphatic carbocycles. The number of methoxy groups -OCH3 is 1. The highest BCUT2D eigenvalue weighted by molar-refractivity contribution is 7.89. The molecule has 0 aromatic heterocycles. The molecule has 0 radical (unpaired) electrons. The van der Waals surface area contributed by atoms with Crippen LogP contribution >= 0.6 is 0 Å². The summed E-state index contributed by atoms with van der Waals surface area (Å²) in [5.41, 5.74) is 1.04. The number of amides is 1. The van der Waals surface area contributed by atoms with E-state index in [4.69, 9.17) is 9.47 Å². The van der Waals surface area contributed by atoms with Gasteiger partial charge in [-0.1, -0.05) is 30.3 Å². The van der Waals surface area contributed by atoms with Crippen molar-refractivity contribution in [1.82, 2.24) is 14.9 Å². The maximum atomic E-state index is 12.7. The summed E-state index contributed by atoms with van der Waals surface area (Å²) in [7, 11) is -2.16. The van der Waals surface area contributed by atoms with Gasteiger partial charge in [-0.15, -0.1) is 0 Å². The third-order valence-electron chi connectivity index (χ3n) is 5.24. The number of sulfonamides is 1. The number of carbonyl (C=O) groups excluding carboxylic acids is 1. The minimum atomic E-state index is -3.78. The zero-order chi connectivity index (χ0) is 22.3. The normalized spacial score (nSPS) is 17.0. The van der Waals surface area contributed by atoms with Gasteiger partial charge in [0.05, 0.1) is 37.3 Å². The lowest BCUT2D eigenvalue weighted by atomic mass is 10.0. The molecular weight excluding hydrogens is 418 g/mol. The summed E-state index contributed by atoms with van der Waals surface area (Å²) in [6, 6.07) is 14.8. The van der Waals surface area contributed by atoms with Crippen LogP contribution in [0.3, 0.4) is 0 Å². The van der Waals surface area contributed by atoms with Gasteiger partial charge >= 0.3 is 0 Å². The number of nitrogens with zero attached hydrogens (tertiary/aromatic N) is 1. The van der Waals surface area contributed by atoms with Crippen LogP contribution in [0, 0.1) is 0 Å². The molecule has 2 atom stereocenters. The zero-order valence-corrected chi connectivity index (χ0v) is 18.6. The monoisotopic (exact) mass is 447 g/mol. The van der Waals surface area contributed by atoms with E-state index in [0.717, 1.165) is 24.4 Å². The molecule has 2 aromatic rings. The van der Waals surface area contributed by atoms with E-state index < -0.39 is 16.1 Å². The predicted octanol–water partition coefficient (Wildman–Crippen LogP) is 1.55. The van der Waals surface area contributed by atoms with Crippen LogP contribution < -0.4 is 14.8 Å². The van der Waals surface area contributed by atoms with Crippen LogP contribution in [0.1, 0.15) is 18.5 Å². The van der Waals surface area contributed by atoms with E-state index >= 15 is 0 Å². The number of rotatable bonds is 9. The summed E-state index contributed by atoms with van der Waals surface area (Å²) < 4.78 is 38.1. The highest BCUT2D eigenvalue weighted by Gasteiger charge is 2.26. The van der Waals surface area contributed by atoms with Crippen molar-refractivity contribution >= 4 is 15.9 Å². The number of carbonyl (C=O) groups is 1. The summed E-state index contributed by atoms with van der Waals surface area (Å²) in [5.74, 6) is 0.378. The summed E-state index contributed by atoms with van der Waals surface area (Å²) >= 11 is 0. The average Bonchev–Trinajstić information content (AvgIpc) is 2.80. The molecule has 1 unspecified atom stereocenters. The van der Waals surface area contributed by atoms with Crippen LogP contribution in [0.25, 0.3) is 0 Å². The number of morpholine rings is 1. The van der Waals surface area contributed by atoms with Gasteiger partial charge in [-0.25, -0.2) is 8.42 Å².